The summed E-state index contributed by atoms with van der Waals surface area (Å²) in [4.78, 5) is 24.3. The van der Waals surface area contributed by atoms with Crippen LogP contribution in [0.2, 0.25) is 0 Å². The van der Waals surface area contributed by atoms with Crippen LogP contribution in [0.4, 0.5) is 0 Å². The number of nitrogens with zero attached hydrogens (tertiary/aromatic N) is 1. The van der Waals surface area contributed by atoms with Gasteiger partial charge in [-0.2, -0.15) is 0 Å². The first kappa shape index (κ1) is 36.5. The Bertz CT molecular complexity index is 595. The van der Waals surface area contributed by atoms with Gasteiger partial charge in [0.25, 0.3) is 0 Å². The van der Waals surface area contributed by atoms with Crippen LogP contribution in [-0.2, 0) is 23.4 Å². The Labute approximate surface area is 229 Å². The number of carbonyl (C=O) groups is 1. The first-order chi connectivity index (χ1) is 17.5. The molecule has 0 rings (SSSR count). The molecule has 3 atom stereocenters. The molecule has 0 aromatic rings. The summed E-state index contributed by atoms with van der Waals surface area (Å²) in [6.45, 7) is 7.38. The van der Waals surface area contributed by atoms with Gasteiger partial charge in [-0.1, -0.05) is 97.8 Å². The maximum absolute atomic E-state index is 12.3. The van der Waals surface area contributed by atoms with Crippen LogP contribution in [0.1, 0.15) is 117 Å². The quantitative estimate of drug-likeness (QED) is 0.0515. The monoisotopic (exact) mass is 549 g/mol. The maximum Gasteiger partial charge on any atom is 0.306 e. The van der Waals surface area contributed by atoms with Gasteiger partial charge in [0.05, 0.1) is 47.1 Å². The van der Waals surface area contributed by atoms with E-state index in [2.05, 4.69) is 13.8 Å². The van der Waals surface area contributed by atoms with E-state index in [4.69, 9.17) is 14.0 Å². The molecule has 0 amide bonds. The van der Waals surface area contributed by atoms with Gasteiger partial charge in [-0.05, 0) is 18.8 Å². The van der Waals surface area contributed by atoms with Gasteiger partial charge in [0.2, 0.25) is 0 Å². The van der Waals surface area contributed by atoms with Gasteiger partial charge in [0.1, 0.15) is 13.7 Å². The van der Waals surface area contributed by atoms with E-state index in [-0.39, 0.29) is 25.3 Å². The summed E-state index contributed by atoms with van der Waals surface area (Å²) >= 11 is 0. The number of hydrogen-bond donors (Lipinski definition) is 0. The summed E-state index contributed by atoms with van der Waals surface area (Å²) in [5, 5.41) is 0. The molecule has 0 radical (unpaired) electrons. The SMILES string of the molecule is CCCCCCCCCCCCC(CC)CCOCC(COP(=O)([O-])CC[N+](C)(C)C)OC(=O)CCC. The lowest BCUT2D eigenvalue weighted by Gasteiger charge is -2.30. The van der Waals surface area contributed by atoms with Crippen LogP contribution in [0.25, 0.3) is 0 Å². The van der Waals surface area contributed by atoms with Crippen molar-refractivity contribution >= 4 is 13.6 Å². The Morgan fingerprint density at radius 3 is 1.97 bits per heavy atom. The largest absolute Gasteiger partial charge is 0.778 e. The molecule has 0 spiro atoms. The van der Waals surface area contributed by atoms with E-state index in [0.29, 0.717) is 36.4 Å². The summed E-state index contributed by atoms with van der Waals surface area (Å²) < 4.78 is 29.3. The fourth-order valence-electron chi connectivity index (χ4n) is 4.19. The Hall–Kier alpha value is -0.460. The van der Waals surface area contributed by atoms with Crippen molar-refractivity contribution in [2.24, 2.45) is 5.92 Å². The van der Waals surface area contributed by atoms with Crippen LogP contribution in [-0.4, -0.2) is 70.2 Å². The Morgan fingerprint density at radius 2 is 1.43 bits per heavy atom. The fourth-order valence-corrected chi connectivity index (χ4v) is 5.55. The number of esters is 1. The molecule has 0 aromatic carbocycles. The summed E-state index contributed by atoms with van der Waals surface area (Å²) in [6, 6.07) is 0. The number of carbonyl (C=O) groups excluding carboxylic acids is 1. The third-order valence-corrected chi connectivity index (χ3v) is 8.06. The summed E-state index contributed by atoms with van der Waals surface area (Å²) in [5.41, 5.74) is 0. The third-order valence-electron chi connectivity index (χ3n) is 6.77. The highest BCUT2D eigenvalue weighted by Crippen LogP contribution is 2.37. The van der Waals surface area contributed by atoms with E-state index in [1.54, 1.807) is 0 Å². The normalized spacial score (nSPS) is 15.3. The maximum atomic E-state index is 12.3. The highest BCUT2D eigenvalue weighted by molar-refractivity contribution is 7.51. The molecule has 0 fully saturated rings. The first-order valence-electron chi connectivity index (χ1n) is 15.0. The molecule has 0 bridgehead atoms. The molecular formula is C29H60NO6P. The Morgan fingerprint density at radius 1 is 0.838 bits per heavy atom. The molecule has 0 saturated carbocycles. The zero-order valence-corrected chi connectivity index (χ0v) is 26.0. The fraction of sp³-hybridized carbons (Fsp3) is 0.966. The van der Waals surface area contributed by atoms with Crippen LogP contribution in [0, 0.1) is 5.92 Å². The molecule has 0 heterocycles. The third kappa shape index (κ3) is 24.3. The zero-order chi connectivity index (χ0) is 28.0. The van der Waals surface area contributed by atoms with E-state index >= 15 is 0 Å². The van der Waals surface area contributed by atoms with Gasteiger partial charge in [-0.3, -0.25) is 4.79 Å². The minimum absolute atomic E-state index is 0.0515. The average molecular weight is 550 g/mol. The van der Waals surface area contributed by atoms with Crippen LogP contribution >= 0.6 is 7.60 Å². The van der Waals surface area contributed by atoms with Gasteiger partial charge in [-0.25, -0.2) is 0 Å². The van der Waals surface area contributed by atoms with Gasteiger partial charge >= 0.3 is 5.97 Å². The minimum Gasteiger partial charge on any atom is -0.778 e. The van der Waals surface area contributed by atoms with Gasteiger partial charge in [-0.15, -0.1) is 0 Å². The van der Waals surface area contributed by atoms with Crippen molar-refractivity contribution in [3.63, 3.8) is 0 Å². The van der Waals surface area contributed by atoms with E-state index < -0.39 is 13.7 Å². The number of unbranched alkanes of at least 4 members (excludes halogenated alkanes) is 9. The van der Waals surface area contributed by atoms with Crippen molar-refractivity contribution in [1.29, 1.82) is 0 Å². The van der Waals surface area contributed by atoms with E-state index in [1.807, 2.05) is 28.1 Å². The molecule has 222 valence electrons. The predicted octanol–water partition coefficient (Wildman–Crippen LogP) is 6.72. The molecule has 0 aliphatic heterocycles. The lowest BCUT2D eigenvalue weighted by molar-refractivity contribution is -0.868. The van der Waals surface area contributed by atoms with Crippen molar-refractivity contribution in [2.45, 2.75) is 123 Å². The van der Waals surface area contributed by atoms with E-state index in [1.165, 1.54) is 70.6 Å². The average Bonchev–Trinajstić information content (AvgIpc) is 2.83. The molecule has 0 aromatic heterocycles. The van der Waals surface area contributed by atoms with E-state index in [9.17, 15) is 14.3 Å². The molecule has 0 saturated heterocycles. The zero-order valence-electron chi connectivity index (χ0n) is 25.1. The van der Waals surface area contributed by atoms with Gasteiger partial charge in [0.15, 0.2) is 0 Å². The van der Waals surface area contributed by atoms with Crippen LogP contribution in [0.5, 0.6) is 0 Å². The summed E-state index contributed by atoms with van der Waals surface area (Å²) in [5.74, 6) is 0.281. The second-order valence-electron chi connectivity index (χ2n) is 11.6. The molecule has 37 heavy (non-hydrogen) atoms. The highest BCUT2D eigenvalue weighted by atomic mass is 31.2. The van der Waals surface area contributed by atoms with Gasteiger partial charge in [0, 0.05) is 13.0 Å². The topological polar surface area (TPSA) is 84.9 Å². The van der Waals surface area contributed by atoms with Crippen molar-refractivity contribution < 1.29 is 32.7 Å². The molecule has 7 nitrogen and oxygen atoms in total. The number of quaternary nitrogens is 1. The lowest BCUT2D eigenvalue weighted by Crippen LogP contribution is -2.38. The molecule has 3 unspecified atom stereocenters. The van der Waals surface area contributed by atoms with E-state index in [0.717, 1.165) is 12.8 Å². The second-order valence-corrected chi connectivity index (χ2v) is 13.5. The summed E-state index contributed by atoms with van der Waals surface area (Å²) in [7, 11) is 1.80. The second kappa shape index (κ2) is 22.4. The number of hydrogen-bond acceptors (Lipinski definition) is 6. The number of ether oxygens (including phenoxy) is 2. The molecule has 0 N–H and O–H groups in total. The number of rotatable bonds is 26. The first-order valence-corrected chi connectivity index (χ1v) is 16.8. The molecule has 0 aliphatic carbocycles. The van der Waals surface area contributed by atoms with Crippen molar-refractivity contribution in [1.82, 2.24) is 0 Å². The Balaban J connectivity index is 4.27. The van der Waals surface area contributed by atoms with Crippen molar-refractivity contribution in [3.8, 4) is 0 Å². The summed E-state index contributed by atoms with van der Waals surface area (Å²) in [6.07, 6.45) is 17.0. The molecule has 0 aliphatic rings. The van der Waals surface area contributed by atoms with Crippen LogP contribution in [0.15, 0.2) is 0 Å². The van der Waals surface area contributed by atoms with Crippen LogP contribution < -0.4 is 4.89 Å². The highest BCUT2D eigenvalue weighted by Gasteiger charge is 2.21. The standard InChI is InChI=1S/C29H60NO6P/c1-7-10-11-12-13-14-15-16-17-18-20-27(9-3)21-23-34-25-28(36-29(31)19-8-2)26-35-37(32,33)24-22-30(4,5)6/h27-28H,7-26H2,1-6H3. The molecule has 8 heteroatoms. The smallest absolute Gasteiger partial charge is 0.306 e. The predicted molar refractivity (Wildman–Crippen MR) is 152 cm³/mol. The van der Waals surface area contributed by atoms with Crippen LogP contribution in [0.3, 0.4) is 0 Å². The van der Waals surface area contributed by atoms with Crippen molar-refractivity contribution in [2.75, 3.05) is 53.7 Å². The molecular weight excluding hydrogens is 489 g/mol. The lowest BCUT2D eigenvalue weighted by atomic mass is 9.95. The van der Waals surface area contributed by atoms with Gasteiger partial charge < -0.3 is 27.9 Å². The minimum atomic E-state index is -4.00. The Kier molecular flexibility index (Phi) is 22.1. The van der Waals surface area contributed by atoms with Crippen molar-refractivity contribution in [3.05, 3.63) is 0 Å².